The van der Waals surface area contributed by atoms with Crippen LogP contribution in [-0.2, 0) is 11.3 Å². The predicted octanol–water partition coefficient (Wildman–Crippen LogP) is 3.13. The van der Waals surface area contributed by atoms with Crippen LogP contribution in [0.2, 0.25) is 5.15 Å². The predicted molar refractivity (Wildman–Crippen MR) is 78.2 cm³/mol. The monoisotopic (exact) mass is 302 g/mol. The largest absolute Gasteiger partial charge is 0.444 e. The molecular formula is C14H11ClN4O2. The van der Waals surface area contributed by atoms with Gasteiger partial charge in [-0.25, -0.2) is 4.79 Å². The Morgan fingerprint density at radius 2 is 1.95 bits per heavy atom. The second kappa shape index (κ2) is 5.80. The van der Waals surface area contributed by atoms with Gasteiger partial charge in [0.2, 0.25) is 5.95 Å². The lowest BCUT2D eigenvalue weighted by atomic mass is 10.2. The highest BCUT2D eigenvalue weighted by Gasteiger charge is 2.12. The molecule has 106 valence electrons. The van der Waals surface area contributed by atoms with Gasteiger partial charge in [-0.15, -0.1) is 10.2 Å². The average Bonchev–Trinajstić information content (AvgIpc) is 2.91. The highest BCUT2D eigenvalue weighted by Crippen LogP contribution is 2.16. The van der Waals surface area contributed by atoms with E-state index >= 15 is 0 Å². The van der Waals surface area contributed by atoms with Gasteiger partial charge in [-0.1, -0.05) is 48.0 Å². The number of rotatable bonds is 3. The SMILES string of the molecule is O=C(Nc1nnc2cccc(Cl)n12)OCc1ccccc1. The smallest absolute Gasteiger partial charge is 0.414 e. The zero-order valence-electron chi connectivity index (χ0n) is 10.9. The summed E-state index contributed by atoms with van der Waals surface area (Å²) in [6.07, 6.45) is -0.618. The lowest BCUT2D eigenvalue weighted by Crippen LogP contribution is -2.15. The molecule has 0 saturated carbocycles. The van der Waals surface area contributed by atoms with E-state index in [0.29, 0.717) is 10.8 Å². The van der Waals surface area contributed by atoms with Crippen LogP contribution in [0.3, 0.4) is 0 Å². The van der Waals surface area contributed by atoms with Crippen LogP contribution in [0.1, 0.15) is 5.56 Å². The number of hydrogen-bond donors (Lipinski definition) is 1. The molecule has 7 heteroatoms. The number of aromatic nitrogens is 3. The van der Waals surface area contributed by atoms with Crippen molar-refractivity contribution in [3.8, 4) is 0 Å². The first-order valence-corrected chi connectivity index (χ1v) is 6.59. The number of hydrogen-bond acceptors (Lipinski definition) is 4. The first-order chi connectivity index (χ1) is 10.2. The summed E-state index contributed by atoms with van der Waals surface area (Å²) in [7, 11) is 0. The Bertz CT molecular complexity index is 773. The summed E-state index contributed by atoms with van der Waals surface area (Å²) < 4.78 is 6.64. The molecule has 2 aromatic heterocycles. The van der Waals surface area contributed by atoms with Crippen LogP contribution >= 0.6 is 11.6 Å². The molecule has 0 fully saturated rings. The van der Waals surface area contributed by atoms with E-state index in [4.69, 9.17) is 16.3 Å². The first kappa shape index (κ1) is 13.4. The number of halogens is 1. The Hall–Kier alpha value is -2.60. The minimum absolute atomic E-state index is 0.178. The zero-order valence-corrected chi connectivity index (χ0v) is 11.6. The van der Waals surface area contributed by atoms with E-state index in [2.05, 4.69) is 15.5 Å². The molecule has 1 aromatic carbocycles. The summed E-state index contributed by atoms with van der Waals surface area (Å²) in [5, 5.41) is 10.7. The van der Waals surface area contributed by atoms with Crippen molar-refractivity contribution in [3.63, 3.8) is 0 Å². The third-order valence-corrected chi connectivity index (χ3v) is 3.10. The summed E-state index contributed by atoms with van der Waals surface area (Å²) >= 11 is 6.05. The maximum atomic E-state index is 11.8. The van der Waals surface area contributed by atoms with Crippen LogP contribution in [0.4, 0.5) is 10.7 Å². The lowest BCUT2D eigenvalue weighted by molar-refractivity contribution is 0.155. The summed E-state index contributed by atoms with van der Waals surface area (Å²) in [5.74, 6) is 0.216. The molecule has 0 radical (unpaired) electrons. The summed E-state index contributed by atoms with van der Waals surface area (Å²) in [5.41, 5.74) is 1.44. The van der Waals surface area contributed by atoms with Crippen molar-refractivity contribution in [1.82, 2.24) is 14.6 Å². The highest BCUT2D eigenvalue weighted by atomic mass is 35.5. The molecule has 0 aliphatic rings. The molecule has 1 N–H and O–H groups in total. The molecule has 0 aliphatic carbocycles. The molecule has 0 saturated heterocycles. The van der Waals surface area contributed by atoms with Gasteiger partial charge in [-0.05, 0) is 17.7 Å². The fourth-order valence-corrected chi connectivity index (χ4v) is 2.07. The Labute approximate surface area is 125 Å². The number of carbonyl (C=O) groups is 1. The van der Waals surface area contributed by atoms with Gasteiger partial charge in [0.1, 0.15) is 11.8 Å². The molecule has 3 aromatic rings. The van der Waals surface area contributed by atoms with Gasteiger partial charge in [0.25, 0.3) is 0 Å². The third-order valence-electron chi connectivity index (χ3n) is 2.81. The molecule has 3 rings (SSSR count). The maximum Gasteiger partial charge on any atom is 0.414 e. The number of ether oxygens (including phenoxy) is 1. The van der Waals surface area contributed by atoms with E-state index in [-0.39, 0.29) is 12.6 Å². The topological polar surface area (TPSA) is 68.5 Å². The van der Waals surface area contributed by atoms with Crippen molar-refractivity contribution < 1.29 is 9.53 Å². The van der Waals surface area contributed by atoms with Crippen molar-refractivity contribution in [2.24, 2.45) is 0 Å². The zero-order chi connectivity index (χ0) is 14.7. The molecule has 0 atom stereocenters. The highest BCUT2D eigenvalue weighted by molar-refractivity contribution is 6.29. The molecule has 0 aliphatic heterocycles. The number of benzene rings is 1. The summed E-state index contributed by atoms with van der Waals surface area (Å²) in [4.78, 5) is 11.8. The number of nitrogens with one attached hydrogen (secondary N) is 1. The van der Waals surface area contributed by atoms with Gasteiger partial charge in [-0.3, -0.25) is 9.72 Å². The molecule has 6 nitrogen and oxygen atoms in total. The van der Waals surface area contributed by atoms with Gasteiger partial charge >= 0.3 is 6.09 Å². The second-order valence-corrected chi connectivity index (χ2v) is 4.64. The average molecular weight is 303 g/mol. The van der Waals surface area contributed by atoms with Crippen molar-refractivity contribution in [1.29, 1.82) is 0 Å². The Balaban J connectivity index is 1.69. The van der Waals surface area contributed by atoms with Crippen LogP contribution in [0.15, 0.2) is 48.5 Å². The van der Waals surface area contributed by atoms with Crippen LogP contribution in [0.25, 0.3) is 5.65 Å². The number of anilines is 1. The maximum absolute atomic E-state index is 11.8. The normalized spacial score (nSPS) is 10.5. The molecule has 0 bridgehead atoms. The quantitative estimate of drug-likeness (QED) is 0.755. The number of amides is 1. The minimum atomic E-state index is -0.618. The number of fused-ring (bicyclic) bond motifs is 1. The van der Waals surface area contributed by atoms with Crippen LogP contribution < -0.4 is 5.32 Å². The van der Waals surface area contributed by atoms with E-state index < -0.39 is 6.09 Å². The van der Waals surface area contributed by atoms with Crippen LogP contribution in [-0.4, -0.2) is 20.7 Å². The second-order valence-electron chi connectivity index (χ2n) is 4.25. The molecule has 0 unspecified atom stereocenters. The Kier molecular flexibility index (Phi) is 3.70. The van der Waals surface area contributed by atoms with Crippen LogP contribution in [0, 0.1) is 0 Å². The lowest BCUT2D eigenvalue weighted by Gasteiger charge is -2.06. The van der Waals surface area contributed by atoms with Gasteiger partial charge in [-0.2, -0.15) is 0 Å². The Morgan fingerprint density at radius 1 is 1.14 bits per heavy atom. The van der Waals surface area contributed by atoms with E-state index in [9.17, 15) is 4.79 Å². The Morgan fingerprint density at radius 3 is 2.76 bits per heavy atom. The fraction of sp³-hybridized carbons (Fsp3) is 0.0714. The standard InChI is InChI=1S/C14H11ClN4O2/c15-11-7-4-8-12-17-18-13(19(11)12)16-14(20)21-9-10-5-2-1-3-6-10/h1-8H,9H2,(H,16,18,20). The van der Waals surface area contributed by atoms with Crippen molar-refractivity contribution in [2.75, 3.05) is 5.32 Å². The molecule has 1 amide bonds. The molecular weight excluding hydrogens is 292 g/mol. The van der Waals surface area contributed by atoms with E-state index in [0.717, 1.165) is 5.56 Å². The number of carbonyl (C=O) groups excluding carboxylic acids is 1. The van der Waals surface area contributed by atoms with E-state index in [1.165, 1.54) is 4.40 Å². The van der Waals surface area contributed by atoms with Crippen molar-refractivity contribution in [3.05, 3.63) is 59.2 Å². The summed E-state index contributed by atoms with van der Waals surface area (Å²) in [6.45, 7) is 0.178. The first-order valence-electron chi connectivity index (χ1n) is 6.21. The van der Waals surface area contributed by atoms with E-state index in [1.54, 1.807) is 18.2 Å². The van der Waals surface area contributed by atoms with Crippen molar-refractivity contribution in [2.45, 2.75) is 6.61 Å². The van der Waals surface area contributed by atoms with Gasteiger partial charge in [0.15, 0.2) is 5.65 Å². The molecule has 21 heavy (non-hydrogen) atoms. The van der Waals surface area contributed by atoms with E-state index in [1.807, 2.05) is 30.3 Å². The van der Waals surface area contributed by atoms with Crippen molar-refractivity contribution >= 4 is 29.3 Å². The molecule has 2 heterocycles. The minimum Gasteiger partial charge on any atom is -0.444 e. The van der Waals surface area contributed by atoms with Gasteiger partial charge in [0.05, 0.1) is 0 Å². The van der Waals surface area contributed by atoms with Gasteiger partial charge < -0.3 is 4.74 Å². The van der Waals surface area contributed by atoms with Gasteiger partial charge in [0, 0.05) is 0 Å². The fourth-order valence-electron chi connectivity index (χ4n) is 1.83. The van der Waals surface area contributed by atoms with Crippen LogP contribution in [0.5, 0.6) is 0 Å². The molecule has 0 spiro atoms. The number of pyridine rings is 1. The third kappa shape index (κ3) is 2.95. The number of nitrogens with zero attached hydrogens (tertiary/aromatic N) is 3. The summed E-state index contributed by atoms with van der Waals surface area (Å²) in [6, 6.07) is 14.6.